The molecule has 2 aromatic rings. The summed E-state index contributed by atoms with van der Waals surface area (Å²) in [5.41, 5.74) is 0.994. The second-order valence-electron chi connectivity index (χ2n) is 4.46. The molecule has 0 radical (unpaired) electrons. The number of hydrogen-bond donors (Lipinski definition) is 2. The van der Waals surface area contributed by atoms with E-state index < -0.39 is 0 Å². The first-order valence-electron chi connectivity index (χ1n) is 6.46. The van der Waals surface area contributed by atoms with Gasteiger partial charge in [0.1, 0.15) is 17.5 Å². The molecule has 0 spiro atoms. The summed E-state index contributed by atoms with van der Waals surface area (Å²) in [5.74, 6) is 3.29. The normalized spacial score (nSPS) is 10.5. The molecule has 0 unspecified atom stereocenters. The molecule has 0 aliphatic rings. The molecule has 0 aliphatic carbocycles. The van der Waals surface area contributed by atoms with Crippen LogP contribution >= 0.6 is 0 Å². The van der Waals surface area contributed by atoms with Gasteiger partial charge in [0, 0.05) is 38.3 Å². The number of nitrogens with one attached hydrogen (secondary N) is 2. The Hall–Kier alpha value is -2.11. The van der Waals surface area contributed by atoms with Gasteiger partial charge in [0.15, 0.2) is 5.82 Å². The van der Waals surface area contributed by atoms with Gasteiger partial charge < -0.3 is 10.6 Å². The Kier molecular flexibility index (Phi) is 3.99. The molecule has 0 saturated carbocycles. The summed E-state index contributed by atoms with van der Waals surface area (Å²) in [5, 5.41) is 10.7. The molecule has 2 heterocycles. The maximum absolute atomic E-state index is 4.56. The number of aryl methyl sites for hydroxylation is 2. The fourth-order valence-electron chi connectivity index (χ4n) is 1.87. The van der Waals surface area contributed by atoms with E-state index in [1.54, 1.807) is 4.68 Å². The molecule has 0 aliphatic heterocycles. The molecule has 6 nitrogen and oxygen atoms in total. The van der Waals surface area contributed by atoms with E-state index in [0.717, 1.165) is 41.7 Å². The van der Waals surface area contributed by atoms with E-state index in [1.807, 2.05) is 33.3 Å². The summed E-state index contributed by atoms with van der Waals surface area (Å²) in [7, 11) is 3.76. The van der Waals surface area contributed by atoms with Crippen molar-refractivity contribution < 1.29 is 0 Å². The molecule has 0 bridgehead atoms. The predicted molar refractivity (Wildman–Crippen MR) is 76.8 cm³/mol. The third kappa shape index (κ3) is 3.01. The Morgan fingerprint density at radius 2 is 2.00 bits per heavy atom. The van der Waals surface area contributed by atoms with Crippen LogP contribution in [-0.2, 0) is 13.5 Å². The fraction of sp³-hybridized carbons (Fsp3) is 0.462. The van der Waals surface area contributed by atoms with E-state index in [9.17, 15) is 0 Å². The molecule has 19 heavy (non-hydrogen) atoms. The zero-order valence-corrected chi connectivity index (χ0v) is 11.9. The molecule has 2 N–H and O–H groups in total. The van der Waals surface area contributed by atoms with Crippen LogP contribution in [0.5, 0.6) is 0 Å². The van der Waals surface area contributed by atoms with Crippen LogP contribution in [0, 0.1) is 6.92 Å². The summed E-state index contributed by atoms with van der Waals surface area (Å²) >= 11 is 0. The molecule has 102 valence electrons. The number of hydrogen-bond acceptors (Lipinski definition) is 5. The van der Waals surface area contributed by atoms with Gasteiger partial charge in [-0.25, -0.2) is 9.97 Å². The number of anilines is 3. The molecule has 0 saturated heterocycles. The van der Waals surface area contributed by atoms with Crippen LogP contribution in [-0.4, -0.2) is 26.8 Å². The highest BCUT2D eigenvalue weighted by Gasteiger charge is 2.10. The summed E-state index contributed by atoms with van der Waals surface area (Å²) in [6.07, 6.45) is 3.78. The Morgan fingerprint density at radius 3 is 2.58 bits per heavy atom. The van der Waals surface area contributed by atoms with Crippen LogP contribution < -0.4 is 10.6 Å². The lowest BCUT2D eigenvalue weighted by Gasteiger charge is -2.12. The minimum atomic E-state index is 0.786. The van der Waals surface area contributed by atoms with E-state index in [-0.39, 0.29) is 0 Å². The number of rotatable bonds is 5. The van der Waals surface area contributed by atoms with Gasteiger partial charge in [-0.1, -0.05) is 6.92 Å². The minimum Gasteiger partial charge on any atom is -0.373 e. The van der Waals surface area contributed by atoms with Crippen LogP contribution in [0.15, 0.2) is 12.3 Å². The highest BCUT2D eigenvalue weighted by molar-refractivity contribution is 5.62. The van der Waals surface area contributed by atoms with Gasteiger partial charge >= 0.3 is 0 Å². The van der Waals surface area contributed by atoms with Crippen molar-refractivity contribution in [1.82, 2.24) is 19.7 Å². The summed E-state index contributed by atoms with van der Waals surface area (Å²) < 4.78 is 1.75. The van der Waals surface area contributed by atoms with Crippen molar-refractivity contribution in [2.45, 2.75) is 26.7 Å². The Balaban J connectivity index is 2.34. The molecule has 6 heteroatoms. The fourth-order valence-corrected chi connectivity index (χ4v) is 1.87. The molecular weight excluding hydrogens is 240 g/mol. The molecule has 2 rings (SSSR count). The second kappa shape index (κ2) is 5.69. The first kappa shape index (κ1) is 13.3. The van der Waals surface area contributed by atoms with Gasteiger partial charge in [-0.15, -0.1) is 0 Å². The predicted octanol–water partition coefficient (Wildman–Crippen LogP) is 2.26. The Morgan fingerprint density at radius 1 is 1.26 bits per heavy atom. The van der Waals surface area contributed by atoms with Crippen molar-refractivity contribution in [2.24, 2.45) is 7.05 Å². The number of aromatic nitrogens is 4. The van der Waals surface area contributed by atoms with Crippen molar-refractivity contribution in [2.75, 3.05) is 17.7 Å². The lowest BCUT2D eigenvalue weighted by Crippen LogP contribution is -2.07. The van der Waals surface area contributed by atoms with Gasteiger partial charge in [-0.05, 0) is 13.3 Å². The summed E-state index contributed by atoms with van der Waals surface area (Å²) in [6, 6.07) is 1.92. The summed E-state index contributed by atoms with van der Waals surface area (Å²) in [6.45, 7) is 4.11. The van der Waals surface area contributed by atoms with Crippen LogP contribution in [0.2, 0.25) is 0 Å². The monoisotopic (exact) mass is 260 g/mol. The van der Waals surface area contributed by atoms with E-state index in [2.05, 4.69) is 32.6 Å². The van der Waals surface area contributed by atoms with Crippen LogP contribution in [0.25, 0.3) is 0 Å². The van der Waals surface area contributed by atoms with Crippen molar-refractivity contribution >= 4 is 17.5 Å². The zero-order chi connectivity index (χ0) is 13.8. The van der Waals surface area contributed by atoms with Crippen molar-refractivity contribution in [3.63, 3.8) is 0 Å². The second-order valence-corrected chi connectivity index (χ2v) is 4.46. The maximum atomic E-state index is 4.56. The largest absolute Gasteiger partial charge is 0.373 e. The SMILES string of the molecule is CCCc1nc(NC)c(C)c(Nc2ccn(C)n2)n1. The highest BCUT2D eigenvalue weighted by atomic mass is 15.3. The Labute approximate surface area is 113 Å². The standard InChI is InChI=1S/C13H20N6/c1-5-6-10-15-12(14-3)9(2)13(16-10)17-11-7-8-19(4)18-11/h7-8H,5-6H2,1-4H3,(H2,14,15,16,17,18). The van der Waals surface area contributed by atoms with Crippen molar-refractivity contribution in [3.8, 4) is 0 Å². The first-order valence-corrected chi connectivity index (χ1v) is 6.46. The summed E-state index contributed by atoms with van der Waals surface area (Å²) in [4.78, 5) is 9.06. The van der Waals surface area contributed by atoms with E-state index in [1.165, 1.54) is 0 Å². The van der Waals surface area contributed by atoms with Crippen LogP contribution in [0.1, 0.15) is 24.7 Å². The average Bonchev–Trinajstić information content (AvgIpc) is 2.79. The van der Waals surface area contributed by atoms with Crippen LogP contribution in [0.3, 0.4) is 0 Å². The van der Waals surface area contributed by atoms with Gasteiger partial charge in [0.05, 0.1) is 0 Å². The molecular formula is C13H20N6. The average molecular weight is 260 g/mol. The molecule has 2 aromatic heterocycles. The van der Waals surface area contributed by atoms with Gasteiger partial charge in [-0.2, -0.15) is 5.10 Å². The third-order valence-electron chi connectivity index (χ3n) is 2.86. The smallest absolute Gasteiger partial charge is 0.153 e. The van der Waals surface area contributed by atoms with Crippen molar-refractivity contribution in [3.05, 3.63) is 23.7 Å². The topological polar surface area (TPSA) is 67.7 Å². The van der Waals surface area contributed by atoms with Gasteiger partial charge in [0.25, 0.3) is 0 Å². The number of nitrogens with zero attached hydrogens (tertiary/aromatic N) is 4. The molecule has 0 amide bonds. The quantitative estimate of drug-likeness (QED) is 0.863. The molecule has 0 aromatic carbocycles. The van der Waals surface area contributed by atoms with Crippen LogP contribution in [0.4, 0.5) is 17.5 Å². The highest BCUT2D eigenvalue weighted by Crippen LogP contribution is 2.22. The first-order chi connectivity index (χ1) is 9.13. The Bertz CT molecular complexity index is 560. The molecule has 0 atom stereocenters. The third-order valence-corrected chi connectivity index (χ3v) is 2.86. The maximum Gasteiger partial charge on any atom is 0.153 e. The van der Waals surface area contributed by atoms with Gasteiger partial charge in [-0.3, -0.25) is 4.68 Å². The minimum absolute atomic E-state index is 0.786. The van der Waals surface area contributed by atoms with Crippen molar-refractivity contribution in [1.29, 1.82) is 0 Å². The van der Waals surface area contributed by atoms with Gasteiger partial charge in [0.2, 0.25) is 0 Å². The lowest BCUT2D eigenvalue weighted by atomic mass is 10.2. The van der Waals surface area contributed by atoms with E-state index in [0.29, 0.717) is 0 Å². The lowest BCUT2D eigenvalue weighted by molar-refractivity contribution is 0.770. The molecule has 0 fully saturated rings. The zero-order valence-electron chi connectivity index (χ0n) is 11.9. The van der Waals surface area contributed by atoms with E-state index in [4.69, 9.17) is 0 Å². The van der Waals surface area contributed by atoms with E-state index >= 15 is 0 Å².